The van der Waals surface area contributed by atoms with Gasteiger partial charge in [-0.3, -0.25) is 0 Å². The molecule has 0 saturated heterocycles. The van der Waals surface area contributed by atoms with Crippen LogP contribution in [0, 0.1) is 5.41 Å². The van der Waals surface area contributed by atoms with Crippen molar-refractivity contribution in [1.82, 2.24) is 4.98 Å². The largest absolute Gasteiger partial charge is 0.383 e. The van der Waals surface area contributed by atoms with E-state index in [1.165, 1.54) is 0 Å². The van der Waals surface area contributed by atoms with Gasteiger partial charge in [0, 0.05) is 11.3 Å². The molecule has 0 unspecified atom stereocenters. The van der Waals surface area contributed by atoms with Crippen LogP contribution in [0.25, 0.3) is 0 Å². The maximum atomic E-state index is 7.28. The molecule has 1 heterocycles. The van der Waals surface area contributed by atoms with Gasteiger partial charge in [0.25, 0.3) is 0 Å². The van der Waals surface area contributed by atoms with Crippen molar-refractivity contribution < 1.29 is 0 Å². The normalized spacial score (nSPS) is 9.64. The molecular formula is C7H8ClN3. The summed E-state index contributed by atoms with van der Waals surface area (Å²) in [6.45, 7) is 1.65. The molecule has 3 N–H and O–H groups in total. The van der Waals surface area contributed by atoms with Crippen molar-refractivity contribution in [2.24, 2.45) is 0 Å². The highest BCUT2D eigenvalue weighted by atomic mass is 35.5. The van der Waals surface area contributed by atoms with Gasteiger partial charge in [-0.2, -0.15) is 0 Å². The molecule has 1 aromatic heterocycles. The lowest BCUT2D eigenvalue weighted by molar-refractivity contribution is 1.31. The number of halogens is 1. The molecule has 1 aromatic rings. The Balaban J connectivity index is 3.20. The molecule has 4 heteroatoms. The van der Waals surface area contributed by atoms with Gasteiger partial charge in [-0.25, -0.2) is 4.98 Å². The molecule has 1 rings (SSSR count). The summed E-state index contributed by atoms with van der Waals surface area (Å²) in [6, 6.07) is 3.30. The second kappa shape index (κ2) is 2.88. The number of anilines is 1. The standard InChI is InChI=1S/C7H8ClN3/c1-4(9)5-2-3-6(8)11-7(5)10/h2-3,9H,1H3,(H2,10,11). The van der Waals surface area contributed by atoms with Crippen molar-refractivity contribution >= 4 is 23.1 Å². The number of nitrogens with two attached hydrogens (primary N) is 1. The Labute approximate surface area is 69.7 Å². The SMILES string of the molecule is CC(=N)c1ccc(Cl)nc1N. The summed E-state index contributed by atoms with van der Waals surface area (Å²) in [5, 5.41) is 7.64. The molecule has 3 nitrogen and oxygen atoms in total. The molecule has 11 heavy (non-hydrogen) atoms. The predicted octanol–water partition coefficient (Wildman–Crippen LogP) is 1.70. The van der Waals surface area contributed by atoms with Gasteiger partial charge in [-0.1, -0.05) is 11.6 Å². The Hall–Kier alpha value is -1.09. The first-order valence-corrected chi connectivity index (χ1v) is 3.46. The van der Waals surface area contributed by atoms with E-state index in [0.29, 0.717) is 22.2 Å². The smallest absolute Gasteiger partial charge is 0.134 e. The molecule has 0 fully saturated rings. The van der Waals surface area contributed by atoms with Gasteiger partial charge < -0.3 is 11.1 Å². The first kappa shape index (κ1) is 8.01. The molecule has 0 aliphatic heterocycles. The van der Waals surface area contributed by atoms with Crippen molar-refractivity contribution in [3.05, 3.63) is 22.8 Å². The van der Waals surface area contributed by atoms with Gasteiger partial charge in [-0.05, 0) is 19.1 Å². The van der Waals surface area contributed by atoms with Crippen molar-refractivity contribution in [1.29, 1.82) is 5.41 Å². The second-order valence-corrected chi connectivity index (χ2v) is 2.58. The van der Waals surface area contributed by atoms with Crippen LogP contribution in [-0.4, -0.2) is 10.7 Å². The molecule has 0 aliphatic carbocycles. The Morgan fingerprint density at radius 1 is 1.64 bits per heavy atom. The van der Waals surface area contributed by atoms with E-state index < -0.39 is 0 Å². The maximum Gasteiger partial charge on any atom is 0.134 e. The fourth-order valence-electron chi connectivity index (χ4n) is 0.767. The highest BCUT2D eigenvalue weighted by Gasteiger charge is 2.01. The van der Waals surface area contributed by atoms with Crippen LogP contribution in [-0.2, 0) is 0 Å². The van der Waals surface area contributed by atoms with Gasteiger partial charge >= 0.3 is 0 Å². The van der Waals surface area contributed by atoms with Crippen molar-refractivity contribution in [2.45, 2.75) is 6.92 Å². The van der Waals surface area contributed by atoms with E-state index in [-0.39, 0.29) is 0 Å². The summed E-state index contributed by atoms with van der Waals surface area (Å²) in [4.78, 5) is 3.80. The van der Waals surface area contributed by atoms with Crippen LogP contribution >= 0.6 is 11.6 Å². The summed E-state index contributed by atoms with van der Waals surface area (Å²) in [5.41, 5.74) is 6.51. The lowest BCUT2D eigenvalue weighted by atomic mass is 10.2. The van der Waals surface area contributed by atoms with Crippen LogP contribution in [0.2, 0.25) is 5.15 Å². The number of hydrogen-bond acceptors (Lipinski definition) is 3. The first-order valence-electron chi connectivity index (χ1n) is 3.09. The van der Waals surface area contributed by atoms with Crippen LogP contribution in [0.4, 0.5) is 5.82 Å². The molecule has 0 spiro atoms. The lowest BCUT2D eigenvalue weighted by Crippen LogP contribution is -2.01. The summed E-state index contributed by atoms with van der Waals surface area (Å²) < 4.78 is 0. The average molecular weight is 170 g/mol. The molecule has 0 bridgehead atoms. The van der Waals surface area contributed by atoms with E-state index in [1.807, 2.05) is 0 Å². The summed E-state index contributed by atoms with van der Waals surface area (Å²) in [6.07, 6.45) is 0. The summed E-state index contributed by atoms with van der Waals surface area (Å²) in [5.74, 6) is 0.310. The third-order valence-electron chi connectivity index (χ3n) is 1.29. The van der Waals surface area contributed by atoms with E-state index in [0.717, 1.165) is 0 Å². The van der Waals surface area contributed by atoms with E-state index in [2.05, 4.69) is 4.98 Å². The molecule has 0 atom stereocenters. The monoisotopic (exact) mass is 169 g/mol. The molecule has 0 amide bonds. The molecule has 58 valence electrons. The van der Waals surface area contributed by atoms with E-state index in [1.54, 1.807) is 19.1 Å². The van der Waals surface area contributed by atoms with E-state index in [9.17, 15) is 0 Å². The highest BCUT2D eigenvalue weighted by molar-refractivity contribution is 6.29. The van der Waals surface area contributed by atoms with E-state index in [4.69, 9.17) is 22.7 Å². The average Bonchev–Trinajstić information content (AvgIpc) is 1.85. The molecular weight excluding hydrogens is 162 g/mol. The fraction of sp³-hybridized carbons (Fsp3) is 0.143. The first-order chi connectivity index (χ1) is 5.11. The number of aromatic nitrogens is 1. The van der Waals surface area contributed by atoms with Crippen LogP contribution in [0.5, 0.6) is 0 Å². The van der Waals surface area contributed by atoms with Crippen LogP contribution in [0.1, 0.15) is 12.5 Å². The highest BCUT2D eigenvalue weighted by Crippen LogP contribution is 2.13. The number of hydrogen-bond donors (Lipinski definition) is 2. The van der Waals surface area contributed by atoms with Crippen LogP contribution < -0.4 is 5.73 Å². The zero-order valence-corrected chi connectivity index (χ0v) is 6.81. The molecule has 0 aromatic carbocycles. The second-order valence-electron chi connectivity index (χ2n) is 2.19. The maximum absolute atomic E-state index is 7.28. The zero-order valence-electron chi connectivity index (χ0n) is 6.06. The molecule has 0 aliphatic rings. The third kappa shape index (κ3) is 1.68. The van der Waals surface area contributed by atoms with Gasteiger partial charge in [0.05, 0.1) is 0 Å². The number of nitrogen functional groups attached to an aromatic ring is 1. The summed E-state index contributed by atoms with van der Waals surface area (Å²) >= 11 is 5.56. The summed E-state index contributed by atoms with van der Waals surface area (Å²) in [7, 11) is 0. The Morgan fingerprint density at radius 2 is 2.27 bits per heavy atom. The minimum Gasteiger partial charge on any atom is -0.383 e. The van der Waals surface area contributed by atoms with Crippen molar-refractivity contribution in [3.8, 4) is 0 Å². The minimum absolute atomic E-state index is 0.310. The van der Waals surface area contributed by atoms with Gasteiger partial charge in [-0.15, -0.1) is 0 Å². The molecule has 0 saturated carbocycles. The Kier molecular flexibility index (Phi) is 2.10. The Bertz CT molecular complexity index is 296. The minimum atomic E-state index is 0.310. The number of pyridine rings is 1. The number of nitrogens with one attached hydrogen (secondary N) is 1. The zero-order chi connectivity index (χ0) is 8.43. The number of nitrogens with zero attached hydrogens (tertiary/aromatic N) is 1. The molecule has 0 radical (unpaired) electrons. The van der Waals surface area contributed by atoms with Gasteiger partial charge in [0.1, 0.15) is 11.0 Å². The van der Waals surface area contributed by atoms with Gasteiger partial charge in [0.15, 0.2) is 0 Å². The quantitative estimate of drug-likeness (QED) is 0.497. The number of rotatable bonds is 1. The Morgan fingerprint density at radius 3 is 2.73 bits per heavy atom. The van der Waals surface area contributed by atoms with Crippen LogP contribution in [0.15, 0.2) is 12.1 Å². The fourth-order valence-corrected chi connectivity index (χ4v) is 0.921. The predicted molar refractivity (Wildman–Crippen MR) is 46.2 cm³/mol. The van der Waals surface area contributed by atoms with Crippen molar-refractivity contribution in [2.75, 3.05) is 5.73 Å². The topological polar surface area (TPSA) is 62.8 Å². The van der Waals surface area contributed by atoms with Crippen LogP contribution in [0.3, 0.4) is 0 Å². The third-order valence-corrected chi connectivity index (χ3v) is 1.51. The van der Waals surface area contributed by atoms with Gasteiger partial charge in [0.2, 0.25) is 0 Å². The lowest BCUT2D eigenvalue weighted by Gasteiger charge is -2.01. The van der Waals surface area contributed by atoms with Crippen molar-refractivity contribution in [3.63, 3.8) is 0 Å². The van der Waals surface area contributed by atoms with E-state index >= 15 is 0 Å².